The molecule has 0 radical (unpaired) electrons. The molecule has 0 saturated carbocycles. The van der Waals surface area contributed by atoms with Crippen LogP contribution in [0.2, 0.25) is 5.04 Å². The number of rotatable bonds is 5. The molecule has 0 aliphatic carbocycles. The van der Waals surface area contributed by atoms with E-state index in [1.807, 2.05) is 36.4 Å². The summed E-state index contributed by atoms with van der Waals surface area (Å²) in [6.45, 7) is 6.61. The van der Waals surface area contributed by atoms with E-state index < -0.39 is 31.2 Å². The second-order valence-electron chi connectivity index (χ2n) is 9.07. The standard InChI is InChI=1S/C24H29N3O3SSi/c1-24(2,3)32(17-10-6-4-7-11-17,18-12-8-5-9-13-18)21(28)22-30-20(16-31-22)27-15-14-19(25)26-23(27)29/h4-15,20-22,28H,16H2,1-3H3,(H2,25,26,29)/t20-,21?,22+/m1/s1. The first-order valence-corrected chi connectivity index (χ1v) is 13.8. The second-order valence-corrected chi connectivity index (χ2v) is 15.1. The first-order chi connectivity index (χ1) is 15.2. The molecule has 32 heavy (non-hydrogen) atoms. The molecule has 168 valence electrons. The highest BCUT2D eigenvalue weighted by molar-refractivity contribution is 8.00. The van der Waals surface area contributed by atoms with Gasteiger partial charge in [-0.1, -0.05) is 91.8 Å². The third kappa shape index (κ3) is 3.92. The summed E-state index contributed by atoms with van der Waals surface area (Å²) < 4.78 is 7.75. The van der Waals surface area contributed by atoms with Gasteiger partial charge in [-0.05, 0) is 11.1 Å². The van der Waals surface area contributed by atoms with Gasteiger partial charge in [0.15, 0.2) is 8.07 Å². The van der Waals surface area contributed by atoms with E-state index in [1.54, 1.807) is 24.0 Å². The third-order valence-electron chi connectivity index (χ3n) is 6.20. The lowest BCUT2D eigenvalue weighted by molar-refractivity contribution is -0.0204. The topological polar surface area (TPSA) is 90.4 Å². The minimum absolute atomic E-state index is 0.181. The molecule has 0 spiro atoms. The fourth-order valence-electron chi connectivity index (χ4n) is 4.79. The number of nitrogens with two attached hydrogens (primary N) is 1. The molecule has 2 heterocycles. The van der Waals surface area contributed by atoms with Crippen molar-refractivity contribution in [3.8, 4) is 0 Å². The number of ether oxygens (including phenoxy) is 1. The predicted molar refractivity (Wildman–Crippen MR) is 133 cm³/mol. The van der Waals surface area contributed by atoms with Crippen LogP contribution in [0.3, 0.4) is 0 Å². The smallest absolute Gasteiger partial charge is 0.351 e. The number of aliphatic hydroxyl groups excluding tert-OH is 1. The summed E-state index contributed by atoms with van der Waals surface area (Å²) >= 11 is 1.54. The van der Waals surface area contributed by atoms with Crippen LogP contribution >= 0.6 is 11.8 Å². The molecule has 3 aromatic rings. The van der Waals surface area contributed by atoms with Gasteiger partial charge in [-0.25, -0.2) is 4.79 Å². The Morgan fingerprint density at radius 1 is 1.09 bits per heavy atom. The molecular weight excluding hydrogens is 438 g/mol. The maximum atomic E-state index is 12.3. The van der Waals surface area contributed by atoms with Crippen LogP contribution in [0.1, 0.15) is 27.0 Å². The van der Waals surface area contributed by atoms with Crippen LogP contribution in [0.25, 0.3) is 0 Å². The van der Waals surface area contributed by atoms with Crippen LogP contribution in [0.5, 0.6) is 0 Å². The van der Waals surface area contributed by atoms with Gasteiger partial charge < -0.3 is 15.6 Å². The van der Waals surface area contributed by atoms with E-state index in [9.17, 15) is 9.90 Å². The largest absolute Gasteiger partial charge is 0.392 e. The van der Waals surface area contributed by atoms with Crippen LogP contribution in [0.4, 0.5) is 5.82 Å². The number of nitrogens with zero attached hydrogens (tertiary/aromatic N) is 2. The van der Waals surface area contributed by atoms with Crippen LogP contribution in [0.15, 0.2) is 77.7 Å². The van der Waals surface area contributed by atoms with E-state index in [0.29, 0.717) is 5.75 Å². The highest BCUT2D eigenvalue weighted by Gasteiger charge is 2.56. The summed E-state index contributed by atoms with van der Waals surface area (Å²) in [5.74, 6) is 0.728. The highest BCUT2D eigenvalue weighted by Crippen LogP contribution is 2.43. The van der Waals surface area contributed by atoms with Gasteiger partial charge in [0, 0.05) is 11.9 Å². The lowest BCUT2D eigenvalue weighted by Crippen LogP contribution is -2.73. The Labute approximate surface area is 193 Å². The van der Waals surface area contributed by atoms with E-state index >= 15 is 0 Å². The van der Waals surface area contributed by atoms with Gasteiger partial charge in [-0.2, -0.15) is 4.98 Å². The normalized spacial score (nSPS) is 20.2. The lowest BCUT2D eigenvalue weighted by atomic mass is 10.2. The number of hydrogen-bond donors (Lipinski definition) is 2. The first kappa shape index (κ1) is 22.8. The van der Waals surface area contributed by atoms with Crippen molar-refractivity contribution >= 4 is 36.0 Å². The fraction of sp³-hybridized carbons (Fsp3) is 0.333. The molecule has 1 aliphatic heterocycles. The van der Waals surface area contributed by atoms with E-state index in [1.165, 1.54) is 4.57 Å². The molecule has 1 aliphatic rings. The van der Waals surface area contributed by atoms with Crippen molar-refractivity contribution in [2.24, 2.45) is 0 Å². The van der Waals surface area contributed by atoms with Crippen LogP contribution < -0.4 is 21.8 Å². The van der Waals surface area contributed by atoms with Crippen LogP contribution in [-0.2, 0) is 4.74 Å². The van der Waals surface area contributed by atoms with E-state index in [4.69, 9.17) is 10.5 Å². The van der Waals surface area contributed by atoms with Gasteiger partial charge in [0.2, 0.25) is 0 Å². The van der Waals surface area contributed by atoms with Crippen molar-refractivity contribution in [3.63, 3.8) is 0 Å². The number of aliphatic hydroxyl groups is 1. The summed E-state index contributed by atoms with van der Waals surface area (Å²) in [4.78, 5) is 16.1. The molecule has 6 nitrogen and oxygen atoms in total. The van der Waals surface area contributed by atoms with E-state index in [0.717, 1.165) is 10.4 Å². The van der Waals surface area contributed by atoms with Crippen LogP contribution in [-0.4, -0.2) is 39.6 Å². The number of benzene rings is 2. The summed E-state index contributed by atoms with van der Waals surface area (Å²) in [6, 6.07) is 22.2. The first-order valence-electron chi connectivity index (χ1n) is 10.7. The van der Waals surface area contributed by atoms with Gasteiger partial charge in [-0.15, -0.1) is 11.8 Å². The molecule has 0 amide bonds. The van der Waals surface area contributed by atoms with E-state index in [2.05, 4.69) is 50.0 Å². The maximum absolute atomic E-state index is 12.3. The third-order valence-corrected chi connectivity index (χ3v) is 13.7. The molecule has 2 aromatic carbocycles. The molecule has 3 atom stereocenters. The van der Waals surface area contributed by atoms with Crippen molar-refractivity contribution in [3.05, 3.63) is 83.4 Å². The second kappa shape index (κ2) is 8.86. The van der Waals surface area contributed by atoms with E-state index in [-0.39, 0.29) is 10.9 Å². The SMILES string of the molecule is CC(C)(C)[Si](c1ccccc1)(c1ccccc1)C(O)[C@H]1O[C@@H](n2ccc(N)nc2=O)CS1. The van der Waals surface area contributed by atoms with Gasteiger partial charge >= 0.3 is 5.69 Å². The lowest BCUT2D eigenvalue weighted by Gasteiger charge is -2.48. The molecule has 1 saturated heterocycles. The van der Waals surface area contributed by atoms with Crippen molar-refractivity contribution < 1.29 is 9.84 Å². The summed E-state index contributed by atoms with van der Waals surface area (Å²) in [5, 5.41) is 14.2. The zero-order valence-electron chi connectivity index (χ0n) is 18.5. The number of thioether (sulfide) groups is 1. The maximum Gasteiger partial charge on any atom is 0.351 e. The minimum atomic E-state index is -2.78. The van der Waals surface area contributed by atoms with Crippen molar-refractivity contribution in [2.75, 3.05) is 11.5 Å². The molecule has 1 unspecified atom stereocenters. The van der Waals surface area contributed by atoms with Crippen LogP contribution in [0, 0.1) is 0 Å². The monoisotopic (exact) mass is 467 g/mol. The minimum Gasteiger partial charge on any atom is -0.392 e. The molecule has 3 N–H and O–H groups in total. The molecule has 0 bridgehead atoms. The molecular formula is C24H29N3O3SSi. The number of anilines is 1. The van der Waals surface area contributed by atoms with Gasteiger partial charge in [-0.3, -0.25) is 4.57 Å². The molecule has 4 rings (SSSR count). The Bertz CT molecular complexity index is 1080. The van der Waals surface area contributed by atoms with Crippen molar-refractivity contribution in [1.82, 2.24) is 9.55 Å². The Balaban J connectivity index is 1.78. The zero-order chi connectivity index (χ0) is 22.9. The summed E-state index contributed by atoms with van der Waals surface area (Å²) in [5.41, 5.74) is 3.97. The highest BCUT2D eigenvalue weighted by atomic mass is 32.2. The fourth-order valence-corrected chi connectivity index (χ4v) is 12.2. The number of hydrogen-bond acceptors (Lipinski definition) is 6. The Morgan fingerprint density at radius 2 is 1.66 bits per heavy atom. The van der Waals surface area contributed by atoms with Gasteiger partial charge in [0.25, 0.3) is 0 Å². The summed E-state index contributed by atoms with van der Waals surface area (Å²) in [7, 11) is -2.78. The zero-order valence-corrected chi connectivity index (χ0v) is 20.3. The number of nitrogen functional groups attached to an aromatic ring is 1. The summed E-state index contributed by atoms with van der Waals surface area (Å²) in [6.07, 6.45) is 1.10. The predicted octanol–water partition coefficient (Wildman–Crippen LogP) is 2.38. The average molecular weight is 468 g/mol. The molecule has 1 fully saturated rings. The van der Waals surface area contributed by atoms with Crippen molar-refractivity contribution in [1.29, 1.82) is 0 Å². The quantitative estimate of drug-likeness (QED) is 0.560. The Morgan fingerprint density at radius 3 is 2.16 bits per heavy atom. The number of aromatic nitrogens is 2. The Hall–Kier alpha value is -2.39. The van der Waals surface area contributed by atoms with Crippen molar-refractivity contribution in [2.45, 2.75) is 43.2 Å². The average Bonchev–Trinajstić information content (AvgIpc) is 3.24. The van der Waals surface area contributed by atoms with Gasteiger partial charge in [0.1, 0.15) is 17.5 Å². The Kier molecular flexibility index (Phi) is 6.31. The molecule has 1 aromatic heterocycles. The molecule has 8 heteroatoms. The van der Waals surface area contributed by atoms with Gasteiger partial charge in [0.05, 0.1) is 5.73 Å².